The maximum atomic E-state index is 12.5. The molecule has 6 nitrogen and oxygen atoms in total. The Bertz CT molecular complexity index is 585. The van der Waals surface area contributed by atoms with Crippen LogP contribution in [0.3, 0.4) is 0 Å². The van der Waals surface area contributed by atoms with Gasteiger partial charge in [0.05, 0.1) is 0 Å². The molecule has 3 heterocycles. The molecule has 118 valence electrons. The van der Waals surface area contributed by atoms with Crippen molar-refractivity contribution in [1.82, 2.24) is 9.88 Å². The predicted octanol–water partition coefficient (Wildman–Crippen LogP) is 1.97. The topological polar surface area (TPSA) is 62.7 Å². The van der Waals surface area contributed by atoms with Crippen molar-refractivity contribution in [3.8, 4) is 5.75 Å². The molecule has 0 aromatic carbocycles. The van der Waals surface area contributed by atoms with Crippen LogP contribution >= 0.6 is 15.9 Å². The second kappa shape index (κ2) is 6.64. The molecule has 0 spiro atoms. The molecule has 1 saturated heterocycles. The molecule has 0 atom stereocenters. The molecule has 0 N–H and O–H groups in total. The third-order valence-corrected chi connectivity index (χ3v) is 4.41. The van der Waals surface area contributed by atoms with E-state index in [0.717, 1.165) is 38.8 Å². The van der Waals surface area contributed by atoms with Crippen molar-refractivity contribution >= 4 is 33.6 Å². The Labute approximate surface area is 137 Å². The first-order valence-corrected chi connectivity index (χ1v) is 8.32. The summed E-state index contributed by atoms with van der Waals surface area (Å²) in [7, 11) is 0. The van der Waals surface area contributed by atoms with Gasteiger partial charge in [0.25, 0.3) is 5.91 Å². The summed E-state index contributed by atoms with van der Waals surface area (Å²) in [4.78, 5) is 32.2. The Hall–Kier alpha value is -1.63. The summed E-state index contributed by atoms with van der Waals surface area (Å²) >= 11 is 3.29. The molecule has 0 aliphatic carbocycles. The third-order valence-electron chi connectivity index (χ3n) is 3.97. The van der Waals surface area contributed by atoms with Gasteiger partial charge in [-0.1, -0.05) is 12.8 Å². The first-order chi connectivity index (χ1) is 10.6. The van der Waals surface area contributed by atoms with E-state index in [2.05, 4.69) is 20.9 Å². The lowest BCUT2D eigenvalue weighted by Crippen LogP contribution is -2.47. The molecule has 2 aliphatic heterocycles. The largest absolute Gasteiger partial charge is 0.480 e. The van der Waals surface area contributed by atoms with Crippen molar-refractivity contribution in [3.63, 3.8) is 0 Å². The highest BCUT2D eigenvalue weighted by molar-refractivity contribution is 9.10. The number of amides is 2. The van der Waals surface area contributed by atoms with Crippen molar-refractivity contribution < 1.29 is 14.3 Å². The number of likely N-dealkylation sites (tertiary alicyclic amines) is 1. The van der Waals surface area contributed by atoms with Gasteiger partial charge in [-0.15, -0.1) is 0 Å². The minimum Gasteiger partial charge on any atom is -0.480 e. The molecule has 2 aliphatic rings. The van der Waals surface area contributed by atoms with E-state index in [0.29, 0.717) is 16.2 Å². The molecule has 22 heavy (non-hydrogen) atoms. The summed E-state index contributed by atoms with van der Waals surface area (Å²) < 4.78 is 5.98. The van der Waals surface area contributed by atoms with Crippen LogP contribution in [0.5, 0.6) is 5.75 Å². The Morgan fingerprint density at radius 2 is 1.95 bits per heavy atom. The minimum absolute atomic E-state index is 0.0233. The predicted molar refractivity (Wildman–Crippen MR) is 84.8 cm³/mol. The van der Waals surface area contributed by atoms with Crippen LogP contribution in [0.4, 0.5) is 5.82 Å². The van der Waals surface area contributed by atoms with Crippen LogP contribution in [0.1, 0.15) is 25.7 Å². The number of fused-ring (bicyclic) bond motifs is 1. The number of ether oxygens (including phenoxy) is 1. The second-order valence-corrected chi connectivity index (χ2v) is 6.33. The highest BCUT2D eigenvalue weighted by atomic mass is 79.9. The van der Waals surface area contributed by atoms with E-state index < -0.39 is 0 Å². The number of nitrogens with zero attached hydrogens (tertiary/aromatic N) is 3. The molecular formula is C15H18BrN3O3. The summed E-state index contributed by atoms with van der Waals surface area (Å²) in [5.74, 6) is 0.686. The van der Waals surface area contributed by atoms with E-state index in [1.165, 1.54) is 4.90 Å². The number of carbonyl (C=O) groups is 2. The summed E-state index contributed by atoms with van der Waals surface area (Å²) in [6.07, 6.45) is 4.39. The van der Waals surface area contributed by atoms with Crippen molar-refractivity contribution in [3.05, 3.63) is 16.7 Å². The number of halogens is 1. The van der Waals surface area contributed by atoms with E-state index in [-0.39, 0.29) is 25.0 Å². The Kier molecular flexibility index (Phi) is 4.61. The zero-order valence-corrected chi connectivity index (χ0v) is 13.8. The zero-order valence-electron chi connectivity index (χ0n) is 12.3. The van der Waals surface area contributed by atoms with E-state index in [1.54, 1.807) is 12.1 Å². The normalized spacial score (nSPS) is 18.5. The van der Waals surface area contributed by atoms with Gasteiger partial charge in [0.1, 0.15) is 11.1 Å². The highest BCUT2D eigenvalue weighted by Gasteiger charge is 2.30. The van der Waals surface area contributed by atoms with Crippen molar-refractivity contribution in [2.45, 2.75) is 25.7 Å². The van der Waals surface area contributed by atoms with E-state index in [1.807, 2.05) is 4.90 Å². The van der Waals surface area contributed by atoms with Gasteiger partial charge in [-0.3, -0.25) is 14.5 Å². The van der Waals surface area contributed by atoms with Crippen LogP contribution in [0, 0.1) is 0 Å². The van der Waals surface area contributed by atoms with Crippen molar-refractivity contribution in [2.24, 2.45) is 0 Å². The zero-order chi connectivity index (χ0) is 15.5. The van der Waals surface area contributed by atoms with Gasteiger partial charge in [0.15, 0.2) is 18.2 Å². The van der Waals surface area contributed by atoms with Crippen molar-refractivity contribution in [2.75, 3.05) is 31.1 Å². The van der Waals surface area contributed by atoms with Gasteiger partial charge in [-0.05, 0) is 40.9 Å². The summed E-state index contributed by atoms with van der Waals surface area (Å²) in [6, 6.07) is 3.51. The molecule has 7 heteroatoms. The quantitative estimate of drug-likeness (QED) is 0.749. The second-order valence-electron chi connectivity index (χ2n) is 5.52. The summed E-state index contributed by atoms with van der Waals surface area (Å²) in [6.45, 7) is 1.52. The summed E-state index contributed by atoms with van der Waals surface area (Å²) in [5, 5.41) is 0. The molecular weight excluding hydrogens is 350 g/mol. The fourth-order valence-electron chi connectivity index (χ4n) is 2.77. The molecule has 2 amide bonds. The lowest BCUT2D eigenvalue weighted by atomic mass is 10.2. The van der Waals surface area contributed by atoms with E-state index in [9.17, 15) is 9.59 Å². The smallest absolute Gasteiger partial charge is 0.266 e. The molecule has 3 rings (SSSR count). The Balaban J connectivity index is 1.77. The van der Waals surface area contributed by atoms with Crippen LogP contribution in [0.15, 0.2) is 16.7 Å². The number of hydrogen-bond acceptors (Lipinski definition) is 4. The first-order valence-electron chi connectivity index (χ1n) is 7.52. The molecule has 0 unspecified atom stereocenters. The highest BCUT2D eigenvalue weighted by Crippen LogP contribution is 2.31. The molecule has 1 fully saturated rings. The monoisotopic (exact) mass is 367 g/mol. The third kappa shape index (κ3) is 3.24. The van der Waals surface area contributed by atoms with Crippen LogP contribution in [0.25, 0.3) is 0 Å². The standard InChI is InChI=1S/C15H18BrN3O3/c16-12-6-5-11-15(17-12)19(14(21)10-22-11)9-13(20)18-7-3-1-2-4-8-18/h5-6H,1-4,7-10H2. The number of hydrogen-bond donors (Lipinski definition) is 0. The lowest BCUT2D eigenvalue weighted by Gasteiger charge is -2.30. The van der Waals surface area contributed by atoms with Gasteiger partial charge >= 0.3 is 0 Å². The number of rotatable bonds is 2. The molecule has 1 aromatic heterocycles. The maximum Gasteiger partial charge on any atom is 0.266 e. The van der Waals surface area contributed by atoms with Gasteiger partial charge < -0.3 is 9.64 Å². The van der Waals surface area contributed by atoms with Crippen LogP contribution < -0.4 is 9.64 Å². The Morgan fingerprint density at radius 3 is 2.68 bits per heavy atom. The average Bonchev–Trinajstić information content (AvgIpc) is 2.79. The molecule has 1 aromatic rings. The number of anilines is 1. The maximum absolute atomic E-state index is 12.5. The Morgan fingerprint density at radius 1 is 1.23 bits per heavy atom. The van der Waals surface area contributed by atoms with Crippen LogP contribution in [0.2, 0.25) is 0 Å². The van der Waals surface area contributed by atoms with E-state index >= 15 is 0 Å². The van der Waals surface area contributed by atoms with Crippen LogP contribution in [-0.2, 0) is 9.59 Å². The van der Waals surface area contributed by atoms with Crippen molar-refractivity contribution in [1.29, 1.82) is 0 Å². The first kappa shape index (κ1) is 15.3. The van der Waals surface area contributed by atoms with Gasteiger partial charge in [-0.2, -0.15) is 0 Å². The van der Waals surface area contributed by atoms with Crippen LogP contribution in [-0.4, -0.2) is 47.9 Å². The minimum atomic E-state index is -0.235. The molecule has 0 bridgehead atoms. The molecule has 0 radical (unpaired) electrons. The summed E-state index contributed by atoms with van der Waals surface area (Å²) in [5.41, 5.74) is 0. The average molecular weight is 368 g/mol. The number of pyridine rings is 1. The van der Waals surface area contributed by atoms with E-state index in [4.69, 9.17) is 4.74 Å². The SMILES string of the molecule is O=C(CN1C(=O)COc2ccc(Br)nc21)N1CCCCCC1. The fourth-order valence-corrected chi connectivity index (χ4v) is 3.07. The lowest BCUT2D eigenvalue weighted by molar-refractivity contribution is -0.132. The molecule has 0 saturated carbocycles. The number of carbonyl (C=O) groups excluding carboxylic acids is 2. The van der Waals surface area contributed by atoms with Gasteiger partial charge in [0, 0.05) is 13.1 Å². The number of aromatic nitrogens is 1. The van der Waals surface area contributed by atoms with Gasteiger partial charge in [-0.25, -0.2) is 4.98 Å². The fraction of sp³-hybridized carbons (Fsp3) is 0.533. The van der Waals surface area contributed by atoms with Gasteiger partial charge in [0.2, 0.25) is 5.91 Å².